The van der Waals surface area contributed by atoms with E-state index in [0.29, 0.717) is 0 Å². The Bertz CT molecular complexity index is 610. The first-order chi connectivity index (χ1) is 9.72. The van der Waals surface area contributed by atoms with Crippen LogP contribution in [-0.2, 0) is 12.8 Å². The molecule has 0 aliphatic carbocycles. The molecule has 1 atom stereocenters. The molecule has 3 heteroatoms. The highest BCUT2D eigenvalue weighted by atomic mass is 16.5. The number of ether oxygens (including phenoxy) is 1. The largest absolute Gasteiger partial charge is 0.493 e. The summed E-state index contributed by atoms with van der Waals surface area (Å²) in [6.45, 7) is 2.73. The van der Waals surface area contributed by atoms with Gasteiger partial charge in [-0.05, 0) is 54.7 Å². The molecule has 1 aromatic heterocycles. The first-order valence-electron chi connectivity index (χ1n) is 7.07. The minimum absolute atomic E-state index is 0.429. The van der Waals surface area contributed by atoms with Gasteiger partial charge in [-0.2, -0.15) is 0 Å². The van der Waals surface area contributed by atoms with Crippen molar-refractivity contribution in [3.05, 3.63) is 58.9 Å². The lowest BCUT2D eigenvalue weighted by Gasteiger charge is -2.11. The van der Waals surface area contributed by atoms with Crippen LogP contribution in [-0.4, -0.2) is 16.7 Å². The molecule has 3 rings (SSSR count). The molecule has 3 nitrogen and oxygen atoms in total. The zero-order chi connectivity index (χ0) is 13.9. The maximum atomic E-state index is 10.2. The van der Waals surface area contributed by atoms with Gasteiger partial charge in [0.2, 0.25) is 0 Å². The summed E-state index contributed by atoms with van der Waals surface area (Å²) in [5, 5.41) is 10.2. The van der Waals surface area contributed by atoms with Crippen LogP contribution >= 0.6 is 0 Å². The molecule has 0 saturated heterocycles. The molecule has 20 heavy (non-hydrogen) atoms. The molecule has 1 aliphatic rings. The number of aryl methyl sites for hydroxylation is 2. The monoisotopic (exact) mass is 269 g/mol. The number of pyridine rings is 1. The van der Waals surface area contributed by atoms with Gasteiger partial charge in [0.15, 0.2) is 0 Å². The van der Waals surface area contributed by atoms with Crippen LogP contribution in [0.25, 0.3) is 0 Å². The summed E-state index contributed by atoms with van der Waals surface area (Å²) < 4.78 is 5.51. The fourth-order valence-electron chi connectivity index (χ4n) is 2.64. The standard InChI is InChI=1S/C17H19NO2/c1-12-10-14(6-8-18-12)16(19)4-2-13-3-5-17-15(11-13)7-9-20-17/h3,5-6,8,10-11,16,19H,2,4,7,9H2,1H3. The fraction of sp³-hybridized carbons (Fsp3) is 0.353. The molecular weight excluding hydrogens is 250 g/mol. The van der Waals surface area contributed by atoms with Crippen molar-refractivity contribution in [1.82, 2.24) is 4.98 Å². The Labute approximate surface area is 119 Å². The summed E-state index contributed by atoms with van der Waals surface area (Å²) in [6.07, 6.45) is 3.91. The van der Waals surface area contributed by atoms with Crippen molar-refractivity contribution in [3.8, 4) is 5.75 Å². The lowest BCUT2D eigenvalue weighted by molar-refractivity contribution is 0.167. The molecule has 1 aliphatic heterocycles. The third-order valence-electron chi connectivity index (χ3n) is 3.77. The summed E-state index contributed by atoms with van der Waals surface area (Å²) in [4.78, 5) is 4.15. The second-order valence-electron chi connectivity index (χ2n) is 5.33. The third kappa shape index (κ3) is 2.83. The minimum atomic E-state index is -0.429. The maximum absolute atomic E-state index is 10.2. The molecule has 104 valence electrons. The molecular formula is C17H19NO2. The van der Waals surface area contributed by atoms with E-state index in [9.17, 15) is 5.11 Å². The van der Waals surface area contributed by atoms with Gasteiger partial charge in [0.05, 0.1) is 12.7 Å². The van der Waals surface area contributed by atoms with Crippen molar-refractivity contribution >= 4 is 0 Å². The van der Waals surface area contributed by atoms with Gasteiger partial charge in [0.25, 0.3) is 0 Å². The summed E-state index contributed by atoms with van der Waals surface area (Å²) in [5.41, 5.74) is 4.44. The summed E-state index contributed by atoms with van der Waals surface area (Å²) in [5.74, 6) is 1.01. The van der Waals surface area contributed by atoms with Crippen LogP contribution < -0.4 is 4.74 Å². The highest BCUT2D eigenvalue weighted by molar-refractivity contribution is 5.39. The number of nitrogens with zero attached hydrogens (tertiary/aromatic N) is 1. The average Bonchev–Trinajstić information content (AvgIpc) is 2.92. The topological polar surface area (TPSA) is 42.4 Å². The van der Waals surface area contributed by atoms with Gasteiger partial charge < -0.3 is 9.84 Å². The average molecular weight is 269 g/mol. The zero-order valence-electron chi connectivity index (χ0n) is 11.7. The van der Waals surface area contributed by atoms with E-state index >= 15 is 0 Å². The Morgan fingerprint density at radius 2 is 2.20 bits per heavy atom. The molecule has 0 amide bonds. The number of rotatable bonds is 4. The molecule has 0 radical (unpaired) electrons. The molecule has 2 heterocycles. The van der Waals surface area contributed by atoms with Crippen molar-refractivity contribution in [3.63, 3.8) is 0 Å². The second kappa shape index (κ2) is 5.63. The Morgan fingerprint density at radius 1 is 1.30 bits per heavy atom. The first kappa shape index (κ1) is 13.1. The van der Waals surface area contributed by atoms with E-state index in [1.165, 1.54) is 11.1 Å². The van der Waals surface area contributed by atoms with Crippen molar-refractivity contribution in [2.45, 2.75) is 32.3 Å². The van der Waals surface area contributed by atoms with Crippen LogP contribution in [0, 0.1) is 6.92 Å². The van der Waals surface area contributed by atoms with Gasteiger partial charge >= 0.3 is 0 Å². The molecule has 0 saturated carbocycles. The molecule has 1 aromatic carbocycles. The highest BCUT2D eigenvalue weighted by Crippen LogP contribution is 2.27. The normalized spacial score (nSPS) is 14.7. The van der Waals surface area contributed by atoms with Gasteiger partial charge in [-0.1, -0.05) is 12.1 Å². The van der Waals surface area contributed by atoms with E-state index in [1.807, 2.05) is 25.1 Å². The van der Waals surface area contributed by atoms with Gasteiger partial charge in [0, 0.05) is 18.3 Å². The Hall–Kier alpha value is -1.87. The van der Waals surface area contributed by atoms with E-state index in [0.717, 1.165) is 42.9 Å². The third-order valence-corrected chi connectivity index (χ3v) is 3.77. The van der Waals surface area contributed by atoms with Crippen LogP contribution in [0.3, 0.4) is 0 Å². The first-order valence-corrected chi connectivity index (χ1v) is 7.07. The minimum Gasteiger partial charge on any atom is -0.493 e. The van der Waals surface area contributed by atoms with Crippen molar-refractivity contribution in [2.24, 2.45) is 0 Å². The molecule has 1 unspecified atom stereocenters. The van der Waals surface area contributed by atoms with Gasteiger partial charge in [-0.25, -0.2) is 0 Å². The number of aliphatic hydroxyl groups is 1. The summed E-state index contributed by atoms with van der Waals surface area (Å²) in [7, 11) is 0. The van der Waals surface area contributed by atoms with E-state index < -0.39 is 6.10 Å². The van der Waals surface area contributed by atoms with E-state index in [4.69, 9.17) is 4.74 Å². The molecule has 0 bridgehead atoms. The zero-order valence-corrected chi connectivity index (χ0v) is 11.7. The van der Waals surface area contributed by atoms with Crippen LogP contribution in [0.4, 0.5) is 0 Å². The van der Waals surface area contributed by atoms with E-state index in [2.05, 4.69) is 17.1 Å². The molecule has 0 fully saturated rings. The van der Waals surface area contributed by atoms with Crippen molar-refractivity contribution in [1.29, 1.82) is 0 Å². The molecule has 1 N–H and O–H groups in total. The van der Waals surface area contributed by atoms with Crippen LogP contribution in [0.5, 0.6) is 5.75 Å². The number of hydrogen-bond acceptors (Lipinski definition) is 3. The van der Waals surface area contributed by atoms with Crippen LogP contribution in [0.15, 0.2) is 36.5 Å². The number of benzene rings is 1. The summed E-state index contributed by atoms with van der Waals surface area (Å²) >= 11 is 0. The maximum Gasteiger partial charge on any atom is 0.122 e. The van der Waals surface area contributed by atoms with Gasteiger partial charge in [-0.15, -0.1) is 0 Å². The Morgan fingerprint density at radius 3 is 3.05 bits per heavy atom. The van der Waals surface area contributed by atoms with Crippen LogP contribution in [0.2, 0.25) is 0 Å². The fourth-order valence-corrected chi connectivity index (χ4v) is 2.64. The number of hydrogen-bond donors (Lipinski definition) is 1. The highest BCUT2D eigenvalue weighted by Gasteiger charge is 2.13. The predicted molar refractivity (Wildman–Crippen MR) is 77.9 cm³/mol. The number of aliphatic hydroxyl groups excluding tert-OH is 1. The Balaban J connectivity index is 1.64. The SMILES string of the molecule is Cc1cc(C(O)CCc2ccc3c(c2)CCO3)ccn1. The Kier molecular flexibility index (Phi) is 3.70. The smallest absolute Gasteiger partial charge is 0.122 e. The number of aromatic nitrogens is 1. The lowest BCUT2D eigenvalue weighted by Crippen LogP contribution is -2.01. The lowest BCUT2D eigenvalue weighted by atomic mass is 10.00. The van der Waals surface area contributed by atoms with Crippen molar-refractivity contribution < 1.29 is 9.84 Å². The van der Waals surface area contributed by atoms with E-state index in [-0.39, 0.29) is 0 Å². The molecule has 0 spiro atoms. The quantitative estimate of drug-likeness (QED) is 0.927. The van der Waals surface area contributed by atoms with Gasteiger partial charge in [0.1, 0.15) is 5.75 Å². The van der Waals surface area contributed by atoms with Gasteiger partial charge in [-0.3, -0.25) is 4.98 Å². The second-order valence-corrected chi connectivity index (χ2v) is 5.33. The summed E-state index contributed by atoms with van der Waals surface area (Å²) in [6, 6.07) is 10.2. The van der Waals surface area contributed by atoms with Crippen molar-refractivity contribution in [2.75, 3.05) is 6.61 Å². The predicted octanol–water partition coefficient (Wildman–Crippen LogP) is 2.99. The molecule has 2 aromatic rings. The van der Waals surface area contributed by atoms with E-state index in [1.54, 1.807) is 6.20 Å². The number of fused-ring (bicyclic) bond motifs is 1. The van der Waals surface area contributed by atoms with Crippen LogP contribution in [0.1, 0.15) is 34.9 Å².